The molecule has 2 rings (SSSR count). The van der Waals surface area contributed by atoms with Gasteiger partial charge < -0.3 is 14.8 Å². The smallest absolute Gasteiger partial charge is 0.306 e. The number of aryl methyl sites for hydroxylation is 1. The summed E-state index contributed by atoms with van der Waals surface area (Å²) in [6.45, 7) is 1.69. The van der Waals surface area contributed by atoms with Crippen LogP contribution < -0.4 is 5.56 Å². The van der Waals surface area contributed by atoms with E-state index in [1.807, 2.05) is 17.5 Å². The van der Waals surface area contributed by atoms with E-state index in [2.05, 4.69) is 9.72 Å². The summed E-state index contributed by atoms with van der Waals surface area (Å²) in [4.78, 5) is 27.2. The molecule has 0 radical (unpaired) electrons. The van der Waals surface area contributed by atoms with E-state index in [4.69, 9.17) is 0 Å². The Balaban J connectivity index is 2.52. The number of H-pyrrole nitrogens is 1. The van der Waals surface area contributed by atoms with Crippen molar-refractivity contribution in [1.82, 2.24) is 4.98 Å². The van der Waals surface area contributed by atoms with E-state index in [1.165, 1.54) is 24.5 Å². The molecule has 0 saturated heterocycles. The van der Waals surface area contributed by atoms with Crippen LogP contribution >= 0.6 is 11.3 Å². The van der Waals surface area contributed by atoms with Gasteiger partial charge in [-0.25, -0.2) is 0 Å². The fraction of sp³-hybridized carbons (Fsp3) is 0.286. The maximum Gasteiger partial charge on any atom is 0.306 e. The molecule has 106 valence electrons. The van der Waals surface area contributed by atoms with Crippen molar-refractivity contribution in [3.63, 3.8) is 0 Å². The number of hydrogen-bond donors (Lipinski definition) is 2. The standard InChI is InChI=1S/C14H15NO4S/c1-8-6-10(16)13(14(18)15-8)9(7-12(17)19-2)11-4-3-5-20-11/h3-6,9H,7H2,1-2H3,(H2,15,16,18)/t9-/m0/s1. The molecule has 6 heteroatoms. The Morgan fingerprint density at radius 3 is 2.85 bits per heavy atom. The first kappa shape index (κ1) is 14.3. The number of thiophene rings is 1. The predicted octanol–water partition coefficient (Wildman–Crippen LogP) is 2.15. The molecule has 2 N–H and O–H groups in total. The lowest BCUT2D eigenvalue weighted by Crippen LogP contribution is -2.20. The Kier molecular flexibility index (Phi) is 4.24. The Morgan fingerprint density at radius 1 is 1.55 bits per heavy atom. The van der Waals surface area contributed by atoms with E-state index in [-0.39, 0.29) is 23.3 Å². The molecule has 0 aliphatic heterocycles. The Hall–Kier alpha value is -2.08. The van der Waals surface area contributed by atoms with Gasteiger partial charge in [0.1, 0.15) is 5.75 Å². The largest absolute Gasteiger partial charge is 0.507 e. The van der Waals surface area contributed by atoms with Crippen LogP contribution in [0.15, 0.2) is 28.4 Å². The molecule has 2 aromatic rings. The number of methoxy groups -OCH3 is 1. The van der Waals surface area contributed by atoms with E-state index in [9.17, 15) is 14.7 Å². The number of carbonyl (C=O) groups excluding carboxylic acids is 1. The molecule has 2 aromatic heterocycles. The van der Waals surface area contributed by atoms with Crippen molar-refractivity contribution in [3.05, 3.63) is 50.1 Å². The fourth-order valence-electron chi connectivity index (χ4n) is 2.10. The number of aromatic amines is 1. The monoisotopic (exact) mass is 293 g/mol. The summed E-state index contributed by atoms with van der Waals surface area (Å²) >= 11 is 1.43. The highest BCUT2D eigenvalue weighted by Gasteiger charge is 2.25. The van der Waals surface area contributed by atoms with Gasteiger partial charge in [0.25, 0.3) is 5.56 Å². The zero-order valence-corrected chi connectivity index (χ0v) is 12.0. The molecule has 0 aliphatic rings. The molecular formula is C14H15NO4S. The van der Waals surface area contributed by atoms with Gasteiger partial charge in [0.15, 0.2) is 0 Å². The minimum atomic E-state index is -0.508. The maximum absolute atomic E-state index is 12.1. The zero-order chi connectivity index (χ0) is 14.7. The average Bonchev–Trinajstić information content (AvgIpc) is 2.89. The van der Waals surface area contributed by atoms with Crippen LogP contribution in [0.25, 0.3) is 0 Å². The number of ether oxygens (including phenoxy) is 1. The van der Waals surface area contributed by atoms with Crippen LogP contribution in [0.3, 0.4) is 0 Å². The number of aromatic hydroxyl groups is 1. The summed E-state index contributed by atoms with van der Waals surface area (Å²) in [6, 6.07) is 5.15. The van der Waals surface area contributed by atoms with Crippen LogP contribution in [0.2, 0.25) is 0 Å². The second-order valence-corrected chi connectivity index (χ2v) is 5.41. The Bertz CT molecular complexity index is 660. The van der Waals surface area contributed by atoms with Crippen LogP contribution in [0.4, 0.5) is 0 Å². The first-order valence-corrected chi connectivity index (χ1v) is 6.94. The van der Waals surface area contributed by atoms with Crippen molar-refractivity contribution in [2.24, 2.45) is 0 Å². The van der Waals surface area contributed by atoms with Crippen LogP contribution in [0.1, 0.15) is 28.5 Å². The van der Waals surface area contributed by atoms with Gasteiger partial charge in [0.05, 0.1) is 19.1 Å². The summed E-state index contributed by atoms with van der Waals surface area (Å²) in [5.74, 6) is -1.04. The summed E-state index contributed by atoms with van der Waals surface area (Å²) < 4.78 is 4.68. The molecule has 0 bridgehead atoms. The van der Waals surface area contributed by atoms with Gasteiger partial charge >= 0.3 is 5.97 Å². The lowest BCUT2D eigenvalue weighted by atomic mass is 9.94. The number of rotatable bonds is 4. The normalized spacial score (nSPS) is 12.1. The van der Waals surface area contributed by atoms with Gasteiger partial charge in [-0.05, 0) is 24.4 Å². The number of carbonyl (C=O) groups is 1. The molecule has 0 spiro atoms. The average molecular weight is 293 g/mol. The number of aromatic nitrogens is 1. The molecule has 0 aliphatic carbocycles. The topological polar surface area (TPSA) is 79.4 Å². The van der Waals surface area contributed by atoms with Crippen LogP contribution in [-0.4, -0.2) is 23.2 Å². The van der Waals surface area contributed by atoms with Crippen molar-refractivity contribution in [3.8, 4) is 5.75 Å². The lowest BCUT2D eigenvalue weighted by molar-refractivity contribution is -0.140. The molecule has 5 nitrogen and oxygen atoms in total. The van der Waals surface area contributed by atoms with Crippen LogP contribution in [0, 0.1) is 6.92 Å². The quantitative estimate of drug-likeness (QED) is 0.846. The molecule has 20 heavy (non-hydrogen) atoms. The van der Waals surface area contributed by atoms with E-state index < -0.39 is 11.9 Å². The minimum Gasteiger partial charge on any atom is -0.507 e. The number of nitrogens with one attached hydrogen (secondary N) is 1. The Morgan fingerprint density at radius 2 is 2.30 bits per heavy atom. The molecule has 0 amide bonds. The molecule has 0 unspecified atom stereocenters. The summed E-state index contributed by atoms with van der Waals surface area (Å²) in [7, 11) is 1.30. The fourth-order valence-corrected chi connectivity index (χ4v) is 2.94. The third kappa shape index (κ3) is 2.91. The maximum atomic E-state index is 12.1. The van der Waals surface area contributed by atoms with Crippen molar-refractivity contribution in [2.75, 3.05) is 7.11 Å². The Labute approximate surface area is 119 Å². The van der Waals surface area contributed by atoms with E-state index in [0.29, 0.717) is 5.69 Å². The molecule has 2 heterocycles. The van der Waals surface area contributed by atoms with Gasteiger partial charge in [0, 0.05) is 16.5 Å². The summed E-state index contributed by atoms with van der Waals surface area (Å²) in [5, 5.41) is 11.9. The summed E-state index contributed by atoms with van der Waals surface area (Å²) in [6.07, 6.45) is 0.0106. The highest BCUT2D eigenvalue weighted by atomic mass is 32.1. The first-order valence-electron chi connectivity index (χ1n) is 6.06. The van der Waals surface area contributed by atoms with Crippen molar-refractivity contribution in [2.45, 2.75) is 19.3 Å². The van der Waals surface area contributed by atoms with E-state index in [0.717, 1.165) is 4.88 Å². The lowest BCUT2D eigenvalue weighted by Gasteiger charge is -2.15. The third-order valence-electron chi connectivity index (χ3n) is 3.02. The third-order valence-corrected chi connectivity index (χ3v) is 4.00. The second kappa shape index (κ2) is 5.92. The van der Waals surface area contributed by atoms with Crippen molar-refractivity contribution in [1.29, 1.82) is 0 Å². The molecule has 1 atom stereocenters. The highest BCUT2D eigenvalue weighted by Crippen LogP contribution is 2.34. The number of esters is 1. The molecule has 0 saturated carbocycles. The molecule has 0 aromatic carbocycles. The zero-order valence-electron chi connectivity index (χ0n) is 11.2. The highest BCUT2D eigenvalue weighted by molar-refractivity contribution is 7.10. The van der Waals surface area contributed by atoms with Gasteiger partial charge in [-0.15, -0.1) is 11.3 Å². The van der Waals surface area contributed by atoms with Gasteiger partial charge in [-0.3, -0.25) is 9.59 Å². The van der Waals surface area contributed by atoms with Crippen LogP contribution in [0.5, 0.6) is 5.75 Å². The SMILES string of the molecule is COC(=O)C[C@@H](c1cccs1)c1c(O)cc(C)[nH]c1=O. The molecule has 0 fully saturated rings. The number of hydrogen-bond acceptors (Lipinski definition) is 5. The van der Waals surface area contributed by atoms with Crippen LogP contribution in [-0.2, 0) is 9.53 Å². The van der Waals surface area contributed by atoms with Crippen molar-refractivity contribution < 1.29 is 14.6 Å². The molecular weight excluding hydrogens is 278 g/mol. The summed E-state index contributed by atoms with van der Waals surface area (Å²) in [5.41, 5.74) is 0.382. The minimum absolute atomic E-state index is 0.0106. The predicted molar refractivity (Wildman–Crippen MR) is 76.3 cm³/mol. The second-order valence-electron chi connectivity index (χ2n) is 4.43. The van der Waals surface area contributed by atoms with Gasteiger partial charge in [0.2, 0.25) is 0 Å². The number of pyridine rings is 1. The first-order chi connectivity index (χ1) is 9.52. The van der Waals surface area contributed by atoms with Gasteiger partial charge in [-0.2, -0.15) is 0 Å². The van der Waals surface area contributed by atoms with E-state index >= 15 is 0 Å². The van der Waals surface area contributed by atoms with E-state index in [1.54, 1.807) is 6.92 Å². The van der Waals surface area contributed by atoms with Gasteiger partial charge in [-0.1, -0.05) is 6.07 Å². The van der Waals surface area contributed by atoms with Crippen molar-refractivity contribution >= 4 is 17.3 Å².